The first-order valence-electron chi connectivity index (χ1n) is 12.1. The molecular formula is C29H33NO6. The van der Waals surface area contributed by atoms with E-state index in [0.29, 0.717) is 6.61 Å². The number of amides is 1. The van der Waals surface area contributed by atoms with Gasteiger partial charge in [-0.05, 0) is 16.7 Å². The number of rotatable bonds is 11. The average Bonchev–Trinajstić information content (AvgIpc) is 2.90. The topological polar surface area (TPSA) is 86.3 Å². The van der Waals surface area contributed by atoms with Crippen molar-refractivity contribution in [2.24, 2.45) is 0 Å². The summed E-state index contributed by atoms with van der Waals surface area (Å²) in [6.45, 7) is 2.49. The molecule has 4 rings (SSSR count). The van der Waals surface area contributed by atoms with Crippen LogP contribution in [0.2, 0.25) is 0 Å². The zero-order valence-corrected chi connectivity index (χ0v) is 20.4. The van der Waals surface area contributed by atoms with E-state index < -0.39 is 30.6 Å². The highest BCUT2D eigenvalue weighted by Gasteiger charge is 2.47. The van der Waals surface area contributed by atoms with Crippen LogP contribution < -0.4 is 5.32 Å². The third-order valence-corrected chi connectivity index (χ3v) is 5.98. The average molecular weight is 492 g/mol. The van der Waals surface area contributed by atoms with Gasteiger partial charge in [-0.15, -0.1) is 0 Å². The quantitative estimate of drug-likeness (QED) is 0.426. The van der Waals surface area contributed by atoms with Gasteiger partial charge in [0.2, 0.25) is 5.91 Å². The largest absolute Gasteiger partial charge is 0.388 e. The lowest BCUT2D eigenvalue weighted by molar-refractivity contribution is -0.284. The van der Waals surface area contributed by atoms with Crippen LogP contribution in [0.25, 0.3) is 0 Å². The van der Waals surface area contributed by atoms with E-state index in [4.69, 9.17) is 18.9 Å². The molecule has 7 nitrogen and oxygen atoms in total. The zero-order valence-electron chi connectivity index (χ0n) is 20.4. The number of hydrogen-bond donors (Lipinski definition) is 2. The van der Waals surface area contributed by atoms with E-state index in [2.05, 4.69) is 5.32 Å². The third-order valence-electron chi connectivity index (χ3n) is 5.98. The van der Waals surface area contributed by atoms with Gasteiger partial charge in [0.15, 0.2) is 6.29 Å². The van der Waals surface area contributed by atoms with E-state index >= 15 is 0 Å². The molecule has 190 valence electrons. The Labute approximate surface area is 212 Å². The molecule has 1 heterocycles. The number of aliphatic hydroxyl groups is 1. The number of benzene rings is 3. The Hall–Kier alpha value is -3.07. The Bertz CT molecular complexity index is 1050. The van der Waals surface area contributed by atoms with Crippen LogP contribution in [0.3, 0.4) is 0 Å². The van der Waals surface area contributed by atoms with Crippen LogP contribution in [0.5, 0.6) is 0 Å². The van der Waals surface area contributed by atoms with E-state index in [1.54, 1.807) is 0 Å². The second-order valence-corrected chi connectivity index (χ2v) is 8.82. The molecule has 0 spiro atoms. The molecule has 1 aliphatic rings. The van der Waals surface area contributed by atoms with Gasteiger partial charge < -0.3 is 29.4 Å². The van der Waals surface area contributed by atoms with Crippen molar-refractivity contribution >= 4 is 5.91 Å². The van der Waals surface area contributed by atoms with Gasteiger partial charge in [-0.2, -0.15) is 0 Å². The molecule has 0 radical (unpaired) electrons. The number of nitrogens with one attached hydrogen (secondary N) is 1. The summed E-state index contributed by atoms with van der Waals surface area (Å²) in [4.78, 5) is 12.1. The van der Waals surface area contributed by atoms with Crippen LogP contribution in [0.1, 0.15) is 23.6 Å². The molecular weight excluding hydrogens is 458 g/mol. The summed E-state index contributed by atoms with van der Waals surface area (Å²) < 4.78 is 24.4. The molecule has 1 saturated heterocycles. The maximum atomic E-state index is 12.1. The molecule has 1 amide bonds. The maximum Gasteiger partial charge on any atom is 0.217 e. The fraction of sp³-hybridized carbons (Fsp3) is 0.345. The summed E-state index contributed by atoms with van der Waals surface area (Å²) in [5.41, 5.74) is 2.94. The van der Waals surface area contributed by atoms with Crippen LogP contribution in [0.4, 0.5) is 0 Å². The summed E-state index contributed by atoms with van der Waals surface area (Å²) in [5.74, 6) is -0.267. The number of carbonyl (C=O) groups excluding carboxylic acids is 1. The molecule has 0 bridgehead atoms. The SMILES string of the molecule is CC(=O)N[C@H]1C(OCc2ccccc2)O[C@H](COCc2ccccc2)[C@@H](O)[C@@H]1OCc1ccccc1. The smallest absolute Gasteiger partial charge is 0.217 e. The van der Waals surface area contributed by atoms with Gasteiger partial charge >= 0.3 is 0 Å². The normalized spacial score (nSPS) is 23.8. The minimum atomic E-state index is -1.04. The van der Waals surface area contributed by atoms with E-state index in [0.717, 1.165) is 16.7 Å². The monoisotopic (exact) mass is 491 g/mol. The van der Waals surface area contributed by atoms with Crippen LogP contribution in [-0.4, -0.2) is 48.3 Å². The summed E-state index contributed by atoms with van der Waals surface area (Å²) in [6.07, 6.45) is -3.37. The van der Waals surface area contributed by atoms with Crippen molar-refractivity contribution in [2.75, 3.05) is 6.61 Å². The van der Waals surface area contributed by atoms with Crippen LogP contribution in [0, 0.1) is 0 Å². The van der Waals surface area contributed by atoms with Crippen molar-refractivity contribution in [2.45, 2.75) is 57.4 Å². The van der Waals surface area contributed by atoms with Crippen molar-refractivity contribution in [1.82, 2.24) is 5.32 Å². The second-order valence-electron chi connectivity index (χ2n) is 8.82. The Morgan fingerprint density at radius 1 is 0.806 bits per heavy atom. The fourth-order valence-corrected chi connectivity index (χ4v) is 4.17. The van der Waals surface area contributed by atoms with Crippen LogP contribution >= 0.6 is 0 Å². The molecule has 0 saturated carbocycles. The molecule has 7 heteroatoms. The molecule has 0 aliphatic carbocycles. The van der Waals surface area contributed by atoms with Gasteiger partial charge in [0.05, 0.1) is 26.4 Å². The summed E-state index contributed by atoms with van der Waals surface area (Å²) in [6, 6.07) is 28.5. The van der Waals surface area contributed by atoms with Gasteiger partial charge in [-0.3, -0.25) is 4.79 Å². The first kappa shape index (κ1) is 26.0. The Morgan fingerprint density at radius 2 is 1.31 bits per heavy atom. The first-order chi connectivity index (χ1) is 17.6. The number of hydrogen-bond acceptors (Lipinski definition) is 6. The van der Waals surface area contributed by atoms with E-state index in [1.165, 1.54) is 6.92 Å². The van der Waals surface area contributed by atoms with Crippen molar-refractivity contribution in [1.29, 1.82) is 0 Å². The number of aliphatic hydroxyl groups excluding tert-OH is 1. The number of ether oxygens (including phenoxy) is 4. The minimum Gasteiger partial charge on any atom is -0.388 e. The predicted molar refractivity (Wildman–Crippen MR) is 135 cm³/mol. The molecule has 5 atom stereocenters. The highest BCUT2D eigenvalue weighted by atomic mass is 16.7. The second kappa shape index (κ2) is 13.3. The lowest BCUT2D eigenvalue weighted by atomic mass is 9.96. The number of carbonyl (C=O) groups is 1. The molecule has 2 N–H and O–H groups in total. The van der Waals surface area contributed by atoms with Crippen LogP contribution in [0.15, 0.2) is 91.0 Å². The maximum absolute atomic E-state index is 12.1. The van der Waals surface area contributed by atoms with Crippen molar-refractivity contribution in [3.05, 3.63) is 108 Å². The zero-order chi connectivity index (χ0) is 25.2. The van der Waals surface area contributed by atoms with Gasteiger partial charge in [-0.25, -0.2) is 0 Å². The first-order valence-corrected chi connectivity index (χ1v) is 12.1. The van der Waals surface area contributed by atoms with Gasteiger partial charge in [-0.1, -0.05) is 91.0 Å². The molecule has 0 aromatic heterocycles. The predicted octanol–water partition coefficient (Wildman–Crippen LogP) is 3.60. The Balaban J connectivity index is 1.49. The van der Waals surface area contributed by atoms with Crippen molar-refractivity contribution in [3.63, 3.8) is 0 Å². The van der Waals surface area contributed by atoms with E-state index in [-0.39, 0.29) is 25.7 Å². The summed E-state index contributed by atoms with van der Waals surface area (Å²) in [7, 11) is 0. The lowest BCUT2D eigenvalue weighted by Crippen LogP contribution is -2.65. The fourth-order valence-electron chi connectivity index (χ4n) is 4.17. The summed E-state index contributed by atoms with van der Waals surface area (Å²) >= 11 is 0. The molecule has 36 heavy (non-hydrogen) atoms. The third kappa shape index (κ3) is 7.46. The standard InChI is InChI=1S/C29H33NO6/c1-21(31)30-26-28(34-18-23-13-7-3-8-14-23)27(32)25(20-33-17-22-11-5-2-6-12-22)36-29(26)35-19-24-15-9-4-10-16-24/h2-16,25-29,32H,17-20H2,1H3,(H,30,31)/t25-,26-,27-,28-,29?/m1/s1. The highest BCUT2D eigenvalue weighted by molar-refractivity contribution is 5.73. The van der Waals surface area contributed by atoms with Crippen LogP contribution in [-0.2, 0) is 43.6 Å². The molecule has 3 aromatic rings. The van der Waals surface area contributed by atoms with E-state index in [1.807, 2.05) is 91.0 Å². The van der Waals surface area contributed by atoms with Crippen molar-refractivity contribution in [3.8, 4) is 0 Å². The van der Waals surface area contributed by atoms with Gasteiger partial charge in [0, 0.05) is 6.92 Å². The molecule has 1 unspecified atom stereocenters. The molecule has 3 aromatic carbocycles. The lowest BCUT2D eigenvalue weighted by Gasteiger charge is -2.44. The Morgan fingerprint density at radius 3 is 1.83 bits per heavy atom. The molecule has 1 fully saturated rings. The summed E-state index contributed by atoms with van der Waals surface area (Å²) in [5, 5.41) is 14.1. The Kier molecular flexibility index (Phi) is 9.61. The van der Waals surface area contributed by atoms with E-state index in [9.17, 15) is 9.90 Å². The van der Waals surface area contributed by atoms with Gasteiger partial charge in [0.1, 0.15) is 24.4 Å². The highest BCUT2D eigenvalue weighted by Crippen LogP contribution is 2.27. The van der Waals surface area contributed by atoms with Crippen molar-refractivity contribution < 1.29 is 28.8 Å². The molecule has 1 aliphatic heterocycles. The minimum absolute atomic E-state index is 0.138. The van der Waals surface area contributed by atoms with Gasteiger partial charge in [0.25, 0.3) is 0 Å².